The first-order valence-electron chi connectivity index (χ1n) is 14.6. The number of alkyl carbamates (subject to hydrolysis) is 1. The van der Waals surface area contributed by atoms with Crippen molar-refractivity contribution >= 4 is 17.9 Å². The second kappa shape index (κ2) is 17.1. The monoisotopic (exact) mass is 531 g/mol. The van der Waals surface area contributed by atoms with E-state index < -0.39 is 23.8 Å². The van der Waals surface area contributed by atoms with Crippen LogP contribution in [0, 0.1) is 13.8 Å². The number of amides is 3. The summed E-state index contributed by atoms with van der Waals surface area (Å²) in [6.07, 6.45) is 8.75. The van der Waals surface area contributed by atoms with E-state index in [9.17, 15) is 14.4 Å². The minimum absolute atomic E-state index is 0.182. The second-order valence-electron chi connectivity index (χ2n) is 11.4. The number of nitrogens with one attached hydrogen (secondary N) is 2. The normalized spacial score (nSPS) is 12.9. The van der Waals surface area contributed by atoms with Gasteiger partial charge in [-0.2, -0.15) is 0 Å². The van der Waals surface area contributed by atoms with Crippen LogP contribution in [-0.2, 0) is 14.3 Å². The van der Waals surface area contributed by atoms with E-state index in [0.29, 0.717) is 13.1 Å². The molecule has 7 nitrogen and oxygen atoms in total. The third-order valence-corrected chi connectivity index (χ3v) is 6.72. The number of benzene rings is 1. The molecule has 0 radical (unpaired) electrons. The van der Waals surface area contributed by atoms with Crippen molar-refractivity contribution in [2.24, 2.45) is 0 Å². The van der Waals surface area contributed by atoms with Crippen molar-refractivity contribution in [2.45, 2.75) is 131 Å². The van der Waals surface area contributed by atoms with Crippen LogP contribution >= 0.6 is 0 Å². The topological polar surface area (TPSA) is 87.7 Å². The third-order valence-electron chi connectivity index (χ3n) is 6.72. The third kappa shape index (κ3) is 11.9. The smallest absolute Gasteiger partial charge is 0.408 e. The van der Waals surface area contributed by atoms with E-state index in [4.69, 9.17) is 4.74 Å². The fraction of sp³-hybridized carbons (Fsp3) is 0.710. The molecule has 0 aliphatic carbocycles. The molecule has 0 spiro atoms. The first kappa shape index (κ1) is 33.5. The van der Waals surface area contributed by atoms with Crippen LogP contribution in [0.1, 0.15) is 122 Å². The Bertz CT molecular complexity index is 878. The molecule has 0 aliphatic heterocycles. The number of unbranched alkanes of at least 4 members (excludes halogenated alkanes) is 7. The molecule has 3 amide bonds. The molecule has 2 unspecified atom stereocenters. The highest BCUT2D eigenvalue weighted by Gasteiger charge is 2.35. The highest BCUT2D eigenvalue weighted by molar-refractivity contribution is 5.92. The average molecular weight is 532 g/mol. The van der Waals surface area contributed by atoms with Gasteiger partial charge in [-0.25, -0.2) is 4.79 Å². The van der Waals surface area contributed by atoms with Crippen LogP contribution < -0.4 is 10.6 Å². The van der Waals surface area contributed by atoms with Crippen molar-refractivity contribution in [2.75, 3.05) is 13.1 Å². The largest absolute Gasteiger partial charge is 0.444 e. The van der Waals surface area contributed by atoms with Crippen molar-refractivity contribution in [3.8, 4) is 0 Å². The molecular formula is C31H53N3O4. The predicted molar refractivity (Wildman–Crippen MR) is 155 cm³/mol. The van der Waals surface area contributed by atoms with E-state index in [1.807, 2.05) is 32.0 Å². The number of aryl methyl sites for hydroxylation is 1. The Kier molecular flexibility index (Phi) is 15.1. The van der Waals surface area contributed by atoms with Crippen LogP contribution in [0.15, 0.2) is 18.2 Å². The molecule has 1 aromatic carbocycles. The summed E-state index contributed by atoms with van der Waals surface area (Å²) in [5.74, 6) is -0.474. The van der Waals surface area contributed by atoms with Gasteiger partial charge in [-0.3, -0.25) is 9.59 Å². The minimum Gasteiger partial charge on any atom is -0.444 e. The zero-order valence-electron chi connectivity index (χ0n) is 25.2. The summed E-state index contributed by atoms with van der Waals surface area (Å²) in [6.45, 7) is 16.3. The van der Waals surface area contributed by atoms with Crippen LogP contribution in [-0.4, -0.2) is 47.5 Å². The Morgan fingerprint density at radius 2 is 1.53 bits per heavy atom. The van der Waals surface area contributed by atoms with E-state index in [-0.39, 0.29) is 11.8 Å². The minimum atomic E-state index is -0.842. The van der Waals surface area contributed by atoms with E-state index in [1.165, 1.54) is 19.3 Å². The molecule has 2 N–H and O–H groups in total. The van der Waals surface area contributed by atoms with Gasteiger partial charge in [0.2, 0.25) is 11.8 Å². The lowest BCUT2D eigenvalue weighted by Crippen LogP contribution is -2.52. The molecular weight excluding hydrogens is 478 g/mol. The Morgan fingerprint density at radius 1 is 0.921 bits per heavy atom. The molecule has 0 aromatic heterocycles. The van der Waals surface area contributed by atoms with Crippen LogP contribution in [0.4, 0.5) is 4.79 Å². The van der Waals surface area contributed by atoms with Gasteiger partial charge in [0, 0.05) is 13.1 Å². The Balaban J connectivity index is 3.30. The van der Waals surface area contributed by atoms with E-state index >= 15 is 0 Å². The van der Waals surface area contributed by atoms with Crippen molar-refractivity contribution in [3.05, 3.63) is 34.9 Å². The molecule has 0 heterocycles. The summed E-state index contributed by atoms with van der Waals surface area (Å²) in [6, 6.07) is 4.27. The Morgan fingerprint density at radius 3 is 2.16 bits per heavy atom. The van der Waals surface area contributed by atoms with Crippen molar-refractivity contribution in [1.82, 2.24) is 15.5 Å². The first-order chi connectivity index (χ1) is 17.9. The molecule has 0 fully saturated rings. The summed E-state index contributed by atoms with van der Waals surface area (Å²) < 4.78 is 5.38. The molecule has 0 bridgehead atoms. The number of hydrogen-bond donors (Lipinski definition) is 2. The lowest BCUT2D eigenvalue weighted by molar-refractivity contribution is -0.142. The zero-order valence-corrected chi connectivity index (χ0v) is 25.2. The molecule has 216 valence electrons. The van der Waals surface area contributed by atoms with Crippen molar-refractivity contribution in [1.29, 1.82) is 0 Å². The molecule has 1 rings (SSSR count). The highest BCUT2D eigenvalue weighted by atomic mass is 16.6. The maximum Gasteiger partial charge on any atom is 0.408 e. The lowest BCUT2D eigenvalue weighted by atomic mass is 9.94. The molecule has 7 heteroatoms. The summed E-state index contributed by atoms with van der Waals surface area (Å²) in [7, 11) is 0. The predicted octanol–water partition coefficient (Wildman–Crippen LogP) is 6.75. The van der Waals surface area contributed by atoms with Gasteiger partial charge in [0.05, 0.1) is 0 Å². The van der Waals surface area contributed by atoms with Gasteiger partial charge in [0.25, 0.3) is 0 Å². The molecule has 1 aromatic rings. The summed E-state index contributed by atoms with van der Waals surface area (Å²) in [5, 5.41) is 5.76. The number of hydrogen-bond acceptors (Lipinski definition) is 4. The van der Waals surface area contributed by atoms with Gasteiger partial charge >= 0.3 is 6.09 Å². The maximum absolute atomic E-state index is 13.9. The standard InChI is InChI=1S/C31H53N3O4/c1-9-11-13-14-15-17-22-34(29(36)25(5)33-30(37)38-31(6,7)8)27(28(35)32-21-16-12-10-2)26-20-18-19-23(3)24(26)4/h18-20,25,27H,9-17,21-22H2,1-8H3,(H,32,35)(H,33,37). The SMILES string of the molecule is CCCCCCCCN(C(=O)C(C)NC(=O)OC(C)(C)C)C(C(=O)NCCCCC)c1cccc(C)c1C. The summed E-state index contributed by atoms with van der Waals surface area (Å²) in [5.41, 5.74) is 2.21. The van der Waals surface area contributed by atoms with Gasteiger partial charge in [-0.05, 0) is 71.1 Å². The van der Waals surface area contributed by atoms with Gasteiger partial charge in [-0.15, -0.1) is 0 Å². The first-order valence-corrected chi connectivity index (χ1v) is 14.6. The van der Waals surface area contributed by atoms with E-state index in [0.717, 1.165) is 55.2 Å². The lowest BCUT2D eigenvalue weighted by Gasteiger charge is -2.34. The second-order valence-corrected chi connectivity index (χ2v) is 11.4. The molecule has 0 saturated carbocycles. The average Bonchev–Trinajstić information content (AvgIpc) is 2.83. The summed E-state index contributed by atoms with van der Waals surface area (Å²) in [4.78, 5) is 41.7. The van der Waals surface area contributed by atoms with Gasteiger partial charge < -0.3 is 20.3 Å². The van der Waals surface area contributed by atoms with Crippen LogP contribution in [0.3, 0.4) is 0 Å². The molecule has 0 saturated heterocycles. The Labute approximate surface area is 231 Å². The number of carbonyl (C=O) groups is 3. The number of nitrogens with zero attached hydrogens (tertiary/aromatic N) is 1. The van der Waals surface area contributed by atoms with Gasteiger partial charge in [0.1, 0.15) is 17.7 Å². The maximum atomic E-state index is 13.9. The van der Waals surface area contributed by atoms with Gasteiger partial charge in [0.15, 0.2) is 0 Å². The molecule has 38 heavy (non-hydrogen) atoms. The fourth-order valence-electron chi connectivity index (χ4n) is 4.43. The number of ether oxygens (including phenoxy) is 1. The zero-order chi connectivity index (χ0) is 28.7. The van der Waals surface area contributed by atoms with Crippen molar-refractivity contribution in [3.63, 3.8) is 0 Å². The van der Waals surface area contributed by atoms with Crippen molar-refractivity contribution < 1.29 is 19.1 Å². The number of rotatable bonds is 16. The quantitative estimate of drug-likeness (QED) is 0.231. The Hall–Kier alpha value is -2.57. The van der Waals surface area contributed by atoms with E-state index in [2.05, 4.69) is 24.5 Å². The fourth-order valence-corrected chi connectivity index (χ4v) is 4.43. The highest BCUT2D eigenvalue weighted by Crippen LogP contribution is 2.28. The number of carbonyl (C=O) groups excluding carboxylic acids is 3. The molecule has 2 atom stereocenters. The van der Waals surface area contributed by atoms with E-state index in [1.54, 1.807) is 32.6 Å². The van der Waals surface area contributed by atoms with Crippen LogP contribution in [0.25, 0.3) is 0 Å². The summed E-state index contributed by atoms with van der Waals surface area (Å²) >= 11 is 0. The molecule has 0 aliphatic rings. The van der Waals surface area contributed by atoms with Crippen LogP contribution in [0.2, 0.25) is 0 Å². The van der Waals surface area contributed by atoms with Gasteiger partial charge in [-0.1, -0.05) is 77.0 Å². The van der Waals surface area contributed by atoms with Crippen LogP contribution in [0.5, 0.6) is 0 Å².